The van der Waals surface area contributed by atoms with Crippen molar-refractivity contribution < 1.29 is 13.9 Å². The fraction of sp³-hybridized carbons (Fsp3) is 0.100. The highest BCUT2D eigenvalue weighted by molar-refractivity contribution is 7.21. The zero-order valence-electron chi connectivity index (χ0n) is 14.6. The van der Waals surface area contributed by atoms with Crippen molar-refractivity contribution >= 4 is 27.5 Å². The number of hydrogen-bond donors (Lipinski definition) is 1. The van der Waals surface area contributed by atoms with Gasteiger partial charge in [0.2, 0.25) is 0 Å². The Morgan fingerprint density at radius 3 is 2.68 bits per heavy atom. The molecule has 2 aromatic carbocycles. The number of thiazole rings is 1. The van der Waals surface area contributed by atoms with E-state index in [1.54, 1.807) is 0 Å². The van der Waals surface area contributed by atoms with Crippen molar-refractivity contribution in [2.75, 3.05) is 13.2 Å². The summed E-state index contributed by atoms with van der Waals surface area (Å²) in [6, 6.07) is 13.4. The molecule has 28 heavy (non-hydrogen) atoms. The molecule has 0 unspecified atom stereocenters. The Hall–Kier alpha value is -3.39. The number of hydrogen-bond acceptors (Lipinski definition) is 6. The molecule has 1 N–H and O–H groups in total. The Kier molecular flexibility index (Phi) is 5.20. The van der Waals surface area contributed by atoms with Crippen molar-refractivity contribution in [3.05, 3.63) is 72.4 Å². The van der Waals surface area contributed by atoms with Crippen LogP contribution in [-0.2, 0) is 0 Å². The van der Waals surface area contributed by atoms with E-state index in [0.717, 1.165) is 10.2 Å². The molecular formula is C20H15FN4O2S. The Morgan fingerprint density at radius 1 is 1.07 bits per heavy atom. The van der Waals surface area contributed by atoms with E-state index in [4.69, 9.17) is 4.74 Å². The monoisotopic (exact) mass is 394 g/mol. The van der Waals surface area contributed by atoms with Gasteiger partial charge in [0.25, 0.3) is 5.91 Å². The number of aromatic nitrogens is 3. The van der Waals surface area contributed by atoms with Crippen LogP contribution in [-0.4, -0.2) is 34.0 Å². The Bertz CT molecular complexity index is 1080. The highest BCUT2D eigenvalue weighted by atomic mass is 32.1. The normalized spacial score (nSPS) is 10.8. The molecule has 2 heterocycles. The number of carbonyl (C=O) groups excluding carboxylic acids is 1. The molecule has 2 aromatic heterocycles. The quantitative estimate of drug-likeness (QED) is 0.505. The van der Waals surface area contributed by atoms with Crippen molar-refractivity contribution in [3.63, 3.8) is 0 Å². The maximum Gasteiger partial charge on any atom is 0.272 e. The first-order chi connectivity index (χ1) is 13.7. The summed E-state index contributed by atoms with van der Waals surface area (Å²) in [6.07, 6.45) is 3.01. The van der Waals surface area contributed by atoms with E-state index < -0.39 is 0 Å². The molecule has 0 radical (unpaired) electrons. The molecule has 0 fully saturated rings. The van der Waals surface area contributed by atoms with Gasteiger partial charge in [0.05, 0.1) is 16.8 Å². The summed E-state index contributed by atoms with van der Waals surface area (Å²) in [5, 5.41) is 3.40. The second-order valence-electron chi connectivity index (χ2n) is 5.80. The van der Waals surface area contributed by atoms with Gasteiger partial charge in [0.1, 0.15) is 28.9 Å². The van der Waals surface area contributed by atoms with Gasteiger partial charge in [-0.25, -0.2) is 19.3 Å². The topological polar surface area (TPSA) is 77.0 Å². The molecule has 140 valence electrons. The number of ether oxygens (including phenoxy) is 1. The Morgan fingerprint density at radius 2 is 1.86 bits per heavy atom. The minimum atomic E-state index is -0.356. The Balaban J connectivity index is 1.44. The zero-order valence-corrected chi connectivity index (χ0v) is 15.4. The number of fused-ring (bicyclic) bond motifs is 1. The number of amides is 1. The predicted octanol–water partition coefficient (Wildman–Crippen LogP) is 3.70. The van der Waals surface area contributed by atoms with Crippen LogP contribution in [0, 0.1) is 5.82 Å². The number of nitrogens with zero attached hydrogens (tertiary/aromatic N) is 3. The number of para-hydroxylation sites is 1. The second kappa shape index (κ2) is 8.10. The maximum atomic E-state index is 12.9. The molecule has 0 saturated heterocycles. The summed E-state index contributed by atoms with van der Waals surface area (Å²) in [5.41, 5.74) is 1.51. The van der Waals surface area contributed by atoms with Gasteiger partial charge in [-0.05, 0) is 36.4 Å². The molecule has 0 aliphatic heterocycles. The first-order valence-electron chi connectivity index (χ1n) is 8.54. The molecule has 6 nitrogen and oxygen atoms in total. The molecule has 0 aliphatic carbocycles. The van der Waals surface area contributed by atoms with Crippen LogP contribution < -0.4 is 10.1 Å². The molecule has 8 heteroatoms. The number of carbonyl (C=O) groups is 1. The van der Waals surface area contributed by atoms with Gasteiger partial charge < -0.3 is 10.1 Å². The van der Waals surface area contributed by atoms with Gasteiger partial charge >= 0.3 is 0 Å². The van der Waals surface area contributed by atoms with Crippen molar-refractivity contribution in [1.29, 1.82) is 0 Å². The molecule has 0 atom stereocenters. The number of nitrogens with one attached hydrogen (secondary N) is 1. The third kappa shape index (κ3) is 3.96. The summed E-state index contributed by atoms with van der Waals surface area (Å²) in [6.45, 7) is 0.514. The van der Waals surface area contributed by atoms with Gasteiger partial charge in [0, 0.05) is 12.4 Å². The second-order valence-corrected chi connectivity index (χ2v) is 6.83. The van der Waals surface area contributed by atoms with Crippen molar-refractivity contribution in [2.24, 2.45) is 0 Å². The number of rotatable bonds is 6. The first-order valence-corrected chi connectivity index (χ1v) is 9.36. The van der Waals surface area contributed by atoms with Crippen LogP contribution in [0.2, 0.25) is 0 Å². The fourth-order valence-corrected chi connectivity index (χ4v) is 3.55. The minimum absolute atomic E-state index is 0.211. The molecule has 0 bridgehead atoms. The highest BCUT2D eigenvalue weighted by Gasteiger charge is 2.18. The lowest BCUT2D eigenvalue weighted by molar-refractivity contribution is 0.0942. The largest absolute Gasteiger partial charge is 0.492 e. The molecular weight excluding hydrogens is 379 g/mol. The molecule has 0 saturated carbocycles. The average molecular weight is 394 g/mol. The molecule has 0 spiro atoms. The Labute approximate surface area is 164 Å². The zero-order chi connectivity index (χ0) is 19.3. The lowest BCUT2D eigenvalue weighted by Gasteiger charge is -2.08. The first kappa shape index (κ1) is 18.0. The van der Waals surface area contributed by atoms with Crippen LogP contribution in [0.5, 0.6) is 5.75 Å². The van der Waals surface area contributed by atoms with Crippen LogP contribution in [0.25, 0.3) is 20.9 Å². The van der Waals surface area contributed by atoms with E-state index >= 15 is 0 Å². The van der Waals surface area contributed by atoms with Crippen molar-refractivity contribution in [2.45, 2.75) is 0 Å². The lowest BCUT2D eigenvalue weighted by atomic mass is 10.3. The van der Waals surface area contributed by atoms with Crippen LogP contribution in [0.3, 0.4) is 0 Å². The van der Waals surface area contributed by atoms with Crippen LogP contribution in [0.4, 0.5) is 4.39 Å². The van der Waals surface area contributed by atoms with E-state index in [-0.39, 0.29) is 30.6 Å². The van der Waals surface area contributed by atoms with E-state index in [2.05, 4.69) is 20.3 Å². The number of halogens is 1. The average Bonchev–Trinajstić information content (AvgIpc) is 3.16. The van der Waals surface area contributed by atoms with Crippen LogP contribution >= 0.6 is 11.3 Å². The highest BCUT2D eigenvalue weighted by Crippen LogP contribution is 2.29. The van der Waals surface area contributed by atoms with Crippen molar-refractivity contribution in [3.8, 4) is 16.5 Å². The van der Waals surface area contributed by atoms with Crippen LogP contribution in [0.15, 0.2) is 60.9 Å². The van der Waals surface area contributed by atoms with E-state index in [1.165, 1.54) is 48.0 Å². The molecule has 4 rings (SSSR count). The van der Waals surface area contributed by atoms with E-state index in [9.17, 15) is 9.18 Å². The fourth-order valence-electron chi connectivity index (χ4n) is 2.58. The van der Waals surface area contributed by atoms with Gasteiger partial charge in [0.15, 0.2) is 5.69 Å². The number of benzene rings is 2. The summed E-state index contributed by atoms with van der Waals surface area (Å²) in [7, 11) is 0. The minimum Gasteiger partial charge on any atom is -0.492 e. The molecule has 1 amide bonds. The molecule has 0 aliphatic rings. The van der Waals surface area contributed by atoms with Gasteiger partial charge in [-0.2, -0.15) is 0 Å². The SMILES string of the molecule is O=C(NCCOc1ccc(F)cc1)c1nccnc1-c1nc2ccccc2s1. The third-order valence-electron chi connectivity index (χ3n) is 3.88. The standard InChI is InChI=1S/C20H15FN4O2S/c21-13-5-7-14(8-6-13)27-12-11-24-19(26)17-18(23-10-9-22-17)20-25-15-3-1-2-4-16(15)28-20/h1-10H,11-12H2,(H,24,26). The summed E-state index contributed by atoms with van der Waals surface area (Å²) >= 11 is 1.46. The lowest BCUT2D eigenvalue weighted by Crippen LogP contribution is -2.29. The van der Waals surface area contributed by atoms with E-state index in [1.807, 2.05) is 24.3 Å². The maximum absolute atomic E-state index is 12.9. The van der Waals surface area contributed by atoms with Gasteiger partial charge in [-0.1, -0.05) is 12.1 Å². The summed E-state index contributed by atoms with van der Waals surface area (Å²) in [5.74, 6) is -0.152. The molecule has 4 aromatic rings. The predicted molar refractivity (Wildman–Crippen MR) is 105 cm³/mol. The van der Waals surface area contributed by atoms with Crippen molar-refractivity contribution in [1.82, 2.24) is 20.3 Å². The smallest absolute Gasteiger partial charge is 0.272 e. The van der Waals surface area contributed by atoms with Gasteiger partial charge in [-0.15, -0.1) is 11.3 Å². The van der Waals surface area contributed by atoms with E-state index in [0.29, 0.717) is 16.5 Å². The van der Waals surface area contributed by atoms with Crippen LogP contribution in [0.1, 0.15) is 10.5 Å². The summed E-state index contributed by atoms with van der Waals surface area (Å²) < 4.78 is 19.4. The van der Waals surface area contributed by atoms with Gasteiger partial charge in [-0.3, -0.25) is 4.79 Å². The third-order valence-corrected chi connectivity index (χ3v) is 4.92. The summed E-state index contributed by atoms with van der Waals surface area (Å²) in [4.78, 5) is 25.6.